The van der Waals surface area contributed by atoms with Crippen molar-refractivity contribution in [2.75, 3.05) is 13.2 Å². The van der Waals surface area contributed by atoms with Crippen LogP contribution in [-0.2, 0) is 6.54 Å². The molecular weight excluding hydrogens is 240 g/mol. The van der Waals surface area contributed by atoms with Gasteiger partial charge in [-0.05, 0) is 31.9 Å². The summed E-state index contributed by atoms with van der Waals surface area (Å²) in [5.41, 5.74) is 1.17. The van der Waals surface area contributed by atoms with Crippen molar-refractivity contribution < 1.29 is 5.11 Å². The minimum absolute atomic E-state index is 0.274. The van der Waals surface area contributed by atoms with Gasteiger partial charge in [0, 0.05) is 31.6 Å². The van der Waals surface area contributed by atoms with Crippen LogP contribution in [0.2, 0.25) is 0 Å². The van der Waals surface area contributed by atoms with E-state index in [9.17, 15) is 5.11 Å². The van der Waals surface area contributed by atoms with E-state index in [1.807, 2.05) is 22.9 Å². The highest BCUT2D eigenvalue weighted by molar-refractivity contribution is 5.30. The van der Waals surface area contributed by atoms with Crippen molar-refractivity contribution in [1.82, 2.24) is 19.3 Å². The molecule has 0 saturated carbocycles. The highest BCUT2D eigenvalue weighted by atomic mass is 16.3. The van der Waals surface area contributed by atoms with E-state index in [-0.39, 0.29) is 6.61 Å². The summed E-state index contributed by atoms with van der Waals surface area (Å²) in [4.78, 5) is 11.0. The van der Waals surface area contributed by atoms with Gasteiger partial charge in [-0.2, -0.15) is 0 Å². The van der Waals surface area contributed by atoms with Gasteiger partial charge in [0.15, 0.2) is 0 Å². The van der Waals surface area contributed by atoms with E-state index in [0.717, 1.165) is 25.3 Å². The lowest BCUT2D eigenvalue weighted by molar-refractivity contribution is 0.111. The molecule has 3 heterocycles. The number of piperidine rings is 1. The number of imidazole rings is 1. The monoisotopic (exact) mass is 260 g/mol. The van der Waals surface area contributed by atoms with E-state index >= 15 is 0 Å². The number of nitrogens with zero attached hydrogens (tertiary/aromatic N) is 4. The van der Waals surface area contributed by atoms with Crippen LogP contribution < -0.4 is 0 Å². The van der Waals surface area contributed by atoms with Gasteiger partial charge in [-0.3, -0.25) is 9.30 Å². The third-order valence-electron chi connectivity index (χ3n) is 3.94. The van der Waals surface area contributed by atoms with Crippen molar-refractivity contribution in [2.24, 2.45) is 0 Å². The first-order valence-corrected chi connectivity index (χ1v) is 7.00. The number of fused-ring (bicyclic) bond motifs is 1. The Morgan fingerprint density at radius 3 is 3.16 bits per heavy atom. The lowest BCUT2D eigenvalue weighted by atomic mass is 9.99. The average Bonchev–Trinajstić information content (AvgIpc) is 2.85. The van der Waals surface area contributed by atoms with Crippen LogP contribution in [0.3, 0.4) is 0 Å². The van der Waals surface area contributed by atoms with Crippen molar-refractivity contribution in [1.29, 1.82) is 0 Å². The molecule has 3 rings (SSSR count). The van der Waals surface area contributed by atoms with Crippen LogP contribution in [0.5, 0.6) is 0 Å². The molecule has 0 amide bonds. The highest BCUT2D eigenvalue weighted by Gasteiger charge is 2.22. The van der Waals surface area contributed by atoms with Crippen molar-refractivity contribution in [3.8, 4) is 0 Å². The molecule has 0 aromatic carbocycles. The summed E-state index contributed by atoms with van der Waals surface area (Å²) >= 11 is 0. The van der Waals surface area contributed by atoms with E-state index in [0.29, 0.717) is 6.04 Å². The van der Waals surface area contributed by atoms with E-state index in [2.05, 4.69) is 14.9 Å². The summed E-state index contributed by atoms with van der Waals surface area (Å²) < 4.78 is 2.05. The first kappa shape index (κ1) is 12.6. The molecule has 19 heavy (non-hydrogen) atoms. The second-order valence-electron chi connectivity index (χ2n) is 5.17. The van der Waals surface area contributed by atoms with Crippen molar-refractivity contribution in [3.05, 3.63) is 30.4 Å². The maximum atomic E-state index is 9.18. The zero-order valence-electron chi connectivity index (χ0n) is 11.1. The van der Waals surface area contributed by atoms with E-state index in [1.165, 1.54) is 25.0 Å². The summed E-state index contributed by atoms with van der Waals surface area (Å²) in [7, 11) is 0. The van der Waals surface area contributed by atoms with Crippen LogP contribution in [0.25, 0.3) is 5.78 Å². The molecule has 1 unspecified atom stereocenters. The van der Waals surface area contributed by atoms with Gasteiger partial charge < -0.3 is 5.11 Å². The van der Waals surface area contributed by atoms with Crippen LogP contribution in [-0.4, -0.2) is 43.6 Å². The predicted octanol–water partition coefficient (Wildman–Crippen LogP) is 1.47. The molecule has 5 heteroatoms. The third kappa shape index (κ3) is 2.62. The van der Waals surface area contributed by atoms with Gasteiger partial charge in [-0.15, -0.1) is 0 Å². The number of hydrogen-bond donors (Lipinski definition) is 1. The number of rotatable bonds is 4. The summed E-state index contributed by atoms with van der Waals surface area (Å²) in [5, 5.41) is 9.18. The number of aliphatic hydroxyl groups is 1. The van der Waals surface area contributed by atoms with Crippen molar-refractivity contribution in [3.63, 3.8) is 0 Å². The Bertz CT molecular complexity index is 537. The van der Waals surface area contributed by atoms with Gasteiger partial charge >= 0.3 is 0 Å². The third-order valence-corrected chi connectivity index (χ3v) is 3.94. The SMILES string of the molecule is OCCC1CCCCN1Cc1cnc2ncccn12. The van der Waals surface area contributed by atoms with Gasteiger partial charge in [-0.25, -0.2) is 9.97 Å². The predicted molar refractivity (Wildman–Crippen MR) is 72.7 cm³/mol. The second-order valence-corrected chi connectivity index (χ2v) is 5.17. The van der Waals surface area contributed by atoms with E-state index < -0.39 is 0 Å². The largest absolute Gasteiger partial charge is 0.396 e. The molecule has 1 fully saturated rings. The van der Waals surface area contributed by atoms with E-state index in [1.54, 1.807) is 6.20 Å². The lowest BCUT2D eigenvalue weighted by Gasteiger charge is -2.35. The Kier molecular flexibility index (Phi) is 3.75. The Labute approximate surface area is 112 Å². The van der Waals surface area contributed by atoms with Gasteiger partial charge in [0.05, 0.1) is 11.9 Å². The first-order valence-electron chi connectivity index (χ1n) is 7.00. The quantitative estimate of drug-likeness (QED) is 0.904. The normalized spacial score (nSPS) is 21.0. The minimum Gasteiger partial charge on any atom is -0.396 e. The lowest BCUT2D eigenvalue weighted by Crippen LogP contribution is -2.39. The van der Waals surface area contributed by atoms with Gasteiger partial charge in [0.1, 0.15) is 0 Å². The molecule has 1 saturated heterocycles. The van der Waals surface area contributed by atoms with Crippen LogP contribution in [0, 0.1) is 0 Å². The standard InChI is InChI=1S/C14H20N4O/c19-9-5-12-4-1-2-7-17(12)11-13-10-16-14-15-6-3-8-18(13)14/h3,6,8,10,12,19H,1-2,4-5,7,9,11H2. The Morgan fingerprint density at radius 1 is 1.32 bits per heavy atom. The fourth-order valence-corrected chi connectivity index (χ4v) is 2.95. The summed E-state index contributed by atoms with van der Waals surface area (Å²) in [6, 6.07) is 2.43. The zero-order chi connectivity index (χ0) is 13.1. The molecule has 0 spiro atoms. The molecule has 2 aromatic rings. The molecule has 0 bridgehead atoms. The Balaban J connectivity index is 1.79. The Morgan fingerprint density at radius 2 is 2.26 bits per heavy atom. The van der Waals surface area contributed by atoms with Crippen LogP contribution in [0.1, 0.15) is 31.4 Å². The molecular formula is C14H20N4O. The molecule has 1 N–H and O–H groups in total. The van der Waals surface area contributed by atoms with Gasteiger partial charge in [-0.1, -0.05) is 6.42 Å². The number of likely N-dealkylation sites (tertiary alicyclic amines) is 1. The molecule has 2 aromatic heterocycles. The smallest absolute Gasteiger partial charge is 0.233 e. The summed E-state index contributed by atoms with van der Waals surface area (Å²) in [6.45, 7) is 2.27. The second kappa shape index (κ2) is 5.67. The highest BCUT2D eigenvalue weighted by Crippen LogP contribution is 2.21. The van der Waals surface area contributed by atoms with Crippen molar-refractivity contribution >= 4 is 5.78 Å². The molecule has 0 radical (unpaired) electrons. The first-order chi connectivity index (χ1) is 9.38. The van der Waals surface area contributed by atoms with Crippen molar-refractivity contribution in [2.45, 2.75) is 38.3 Å². The number of aromatic nitrogens is 3. The molecule has 5 nitrogen and oxygen atoms in total. The Hall–Kier alpha value is -1.46. The zero-order valence-corrected chi connectivity index (χ0v) is 11.1. The molecule has 102 valence electrons. The molecule has 1 aliphatic heterocycles. The molecule has 1 aliphatic rings. The fraction of sp³-hybridized carbons (Fsp3) is 0.571. The molecule has 0 aliphatic carbocycles. The maximum absolute atomic E-state index is 9.18. The fourth-order valence-electron chi connectivity index (χ4n) is 2.95. The van der Waals surface area contributed by atoms with Gasteiger partial charge in [0.2, 0.25) is 5.78 Å². The van der Waals surface area contributed by atoms with Crippen LogP contribution in [0.15, 0.2) is 24.7 Å². The topological polar surface area (TPSA) is 53.7 Å². The van der Waals surface area contributed by atoms with Gasteiger partial charge in [0.25, 0.3) is 0 Å². The maximum Gasteiger partial charge on any atom is 0.233 e. The van der Waals surface area contributed by atoms with Crippen LogP contribution in [0.4, 0.5) is 0 Å². The average molecular weight is 260 g/mol. The number of aliphatic hydroxyl groups excluding tert-OH is 1. The summed E-state index contributed by atoms with van der Waals surface area (Å²) in [6.07, 6.45) is 10.3. The number of hydrogen-bond acceptors (Lipinski definition) is 4. The van der Waals surface area contributed by atoms with Crippen LogP contribution >= 0.6 is 0 Å². The molecule has 1 atom stereocenters. The minimum atomic E-state index is 0.274. The van der Waals surface area contributed by atoms with E-state index in [4.69, 9.17) is 0 Å². The summed E-state index contributed by atoms with van der Waals surface area (Å²) in [5.74, 6) is 0.758.